The molecule has 1 atom stereocenters. The van der Waals surface area contributed by atoms with E-state index in [0.29, 0.717) is 6.54 Å². The number of likely N-dealkylation sites (N-methyl/N-ethyl adjacent to an activating group) is 1. The Morgan fingerprint density at radius 2 is 1.80 bits per heavy atom. The highest BCUT2D eigenvalue weighted by atomic mass is 16.2. The zero-order chi connectivity index (χ0) is 17.8. The maximum Gasteiger partial charge on any atom is 0.245 e. The Bertz CT molecular complexity index is 622. The molecule has 0 bridgehead atoms. The molecule has 3 rings (SSSR count). The Hall–Kier alpha value is -1.84. The number of likely N-dealkylation sites (tertiary alicyclic amines) is 1. The van der Waals surface area contributed by atoms with Gasteiger partial charge in [0.15, 0.2) is 0 Å². The predicted molar refractivity (Wildman–Crippen MR) is 99.0 cm³/mol. The maximum absolute atomic E-state index is 13.0. The molecule has 1 aromatic rings. The van der Waals surface area contributed by atoms with Crippen LogP contribution in [0, 0.1) is 12.8 Å². The maximum atomic E-state index is 13.0. The molecule has 0 aromatic heterocycles. The molecule has 1 saturated heterocycles. The lowest BCUT2D eigenvalue weighted by Crippen LogP contribution is -2.48. The summed E-state index contributed by atoms with van der Waals surface area (Å²) in [7, 11) is 1.86. The van der Waals surface area contributed by atoms with Crippen LogP contribution in [0.2, 0.25) is 0 Å². The smallest absolute Gasteiger partial charge is 0.245 e. The zero-order valence-corrected chi connectivity index (χ0v) is 15.5. The molecule has 0 unspecified atom stereocenters. The average Bonchev–Trinajstić information content (AvgIpc) is 3.12. The summed E-state index contributed by atoms with van der Waals surface area (Å²) in [6, 6.07) is 7.90. The van der Waals surface area contributed by atoms with Gasteiger partial charge < -0.3 is 9.80 Å². The Labute approximate surface area is 151 Å². The fourth-order valence-electron chi connectivity index (χ4n) is 4.25. The second-order valence-corrected chi connectivity index (χ2v) is 7.65. The van der Waals surface area contributed by atoms with Crippen molar-refractivity contribution < 1.29 is 9.59 Å². The standard InChI is InChI=1S/C21H30N2O2/c1-16-9-6-7-12-18(16)15-22(2)21(25)19-13-8-14-23(19)20(24)17-10-4-3-5-11-17/h6-7,9,12,17,19H,3-5,8,10-11,13-15H2,1-2H3/t19-/m1/s1. The molecule has 1 heterocycles. The van der Waals surface area contributed by atoms with Crippen LogP contribution in [-0.2, 0) is 16.1 Å². The van der Waals surface area contributed by atoms with Crippen molar-refractivity contribution in [3.05, 3.63) is 35.4 Å². The van der Waals surface area contributed by atoms with E-state index in [9.17, 15) is 9.59 Å². The van der Waals surface area contributed by atoms with Crippen molar-refractivity contribution in [2.24, 2.45) is 5.92 Å². The molecule has 1 saturated carbocycles. The summed E-state index contributed by atoms with van der Waals surface area (Å²) in [6.45, 7) is 3.42. The van der Waals surface area contributed by atoms with Crippen molar-refractivity contribution in [2.75, 3.05) is 13.6 Å². The molecule has 1 aliphatic heterocycles. The lowest BCUT2D eigenvalue weighted by atomic mass is 9.88. The third-order valence-electron chi connectivity index (χ3n) is 5.82. The lowest BCUT2D eigenvalue weighted by Gasteiger charge is -2.32. The van der Waals surface area contributed by atoms with E-state index in [1.165, 1.54) is 17.5 Å². The number of hydrogen-bond donors (Lipinski definition) is 0. The lowest BCUT2D eigenvalue weighted by molar-refractivity contribution is -0.146. The highest BCUT2D eigenvalue weighted by Gasteiger charge is 2.38. The number of benzene rings is 1. The third kappa shape index (κ3) is 4.05. The van der Waals surface area contributed by atoms with E-state index in [1.54, 1.807) is 4.90 Å². The minimum absolute atomic E-state index is 0.0879. The van der Waals surface area contributed by atoms with E-state index >= 15 is 0 Å². The summed E-state index contributed by atoms with van der Waals surface area (Å²) in [4.78, 5) is 29.6. The highest BCUT2D eigenvalue weighted by molar-refractivity contribution is 5.89. The Morgan fingerprint density at radius 1 is 1.08 bits per heavy atom. The van der Waals surface area contributed by atoms with Crippen LogP contribution in [0.15, 0.2) is 24.3 Å². The molecule has 2 amide bonds. The van der Waals surface area contributed by atoms with Gasteiger partial charge in [0.25, 0.3) is 0 Å². The summed E-state index contributed by atoms with van der Waals surface area (Å²) in [6.07, 6.45) is 7.27. The normalized spacial score (nSPS) is 21.4. The quantitative estimate of drug-likeness (QED) is 0.840. The van der Waals surface area contributed by atoms with E-state index in [2.05, 4.69) is 19.1 Å². The monoisotopic (exact) mass is 342 g/mol. The van der Waals surface area contributed by atoms with Gasteiger partial charge in [0.1, 0.15) is 6.04 Å². The van der Waals surface area contributed by atoms with Crippen molar-refractivity contribution in [3.8, 4) is 0 Å². The van der Waals surface area contributed by atoms with Crippen molar-refractivity contribution in [3.63, 3.8) is 0 Å². The van der Waals surface area contributed by atoms with Gasteiger partial charge in [0, 0.05) is 26.1 Å². The molecule has 0 radical (unpaired) electrons. The first-order valence-corrected chi connectivity index (χ1v) is 9.68. The Balaban J connectivity index is 1.65. The number of rotatable bonds is 4. The molecule has 2 fully saturated rings. The van der Waals surface area contributed by atoms with Gasteiger partial charge in [0.2, 0.25) is 11.8 Å². The van der Waals surface area contributed by atoms with Crippen molar-refractivity contribution in [1.82, 2.24) is 9.80 Å². The average molecular weight is 342 g/mol. The molecule has 136 valence electrons. The molecule has 4 nitrogen and oxygen atoms in total. The first-order valence-electron chi connectivity index (χ1n) is 9.68. The van der Waals surface area contributed by atoms with E-state index in [-0.39, 0.29) is 23.8 Å². The van der Waals surface area contributed by atoms with Gasteiger partial charge in [-0.3, -0.25) is 9.59 Å². The van der Waals surface area contributed by atoms with Gasteiger partial charge in [-0.1, -0.05) is 43.5 Å². The van der Waals surface area contributed by atoms with Gasteiger partial charge in [-0.2, -0.15) is 0 Å². The number of nitrogens with zero attached hydrogens (tertiary/aromatic N) is 2. The molecule has 2 aliphatic rings. The first-order chi connectivity index (χ1) is 12.1. The summed E-state index contributed by atoms with van der Waals surface area (Å²) >= 11 is 0. The molecule has 1 aliphatic carbocycles. The summed E-state index contributed by atoms with van der Waals surface area (Å²) in [5, 5.41) is 0. The molecule has 25 heavy (non-hydrogen) atoms. The molecule has 4 heteroatoms. The van der Waals surface area contributed by atoms with Gasteiger partial charge in [-0.15, -0.1) is 0 Å². The van der Waals surface area contributed by atoms with Crippen molar-refractivity contribution in [1.29, 1.82) is 0 Å². The predicted octanol–water partition coefficient (Wildman–Crippen LogP) is 3.52. The number of amides is 2. The van der Waals surface area contributed by atoms with Crippen molar-refractivity contribution >= 4 is 11.8 Å². The Morgan fingerprint density at radius 3 is 2.52 bits per heavy atom. The van der Waals surface area contributed by atoms with Crippen LogP contribution in [0.4, 0.5) is 0 Å². The van der Waals surface area contributed by atoms with Crippen LogP contribution >= 0.6 is 0 Å². The topological polar surface area (TPSA) is 40.6 Å². The van der Waals surface area contributed by atoms with Crippen molar-refractivity contribution in [2.45, 2.75) is 64.5 Å². The molecule has 0 N–H and O–H groups in total. The summed E-state index contributed by atoms with van der Waals surface area (Å²) < 4.78 is 0. The largest absolute Gasteiger partial charge is 0.340 e. The van der Waals surface area contributed by atoms with Crippen LogP contribution in [0.3, 0.4) is 0 Å². The highest BCUT2D eigenvalue weighted by Crippen LogP contribution is 2.29. The SMILES string of the molecule is Cc1ccccc1CN(C)C(=O)[C@H]1CCCN1C(=O)C1CCCCC1. The molecular formula is C21H30N2O2. The molecule has 1 aromatic carbocycles. The van der Waals surface area contributed by atoms with Crippen LogP contribution in [0.5, 0.6) is 0 Å². The number of carbonyl (C=O) groups excluding carboxylic acids is 2. The fourth-order valence-corrected chi connectivity index (χ4v) is 4.25. The van der Waals surface area contributed by atoms with Crippen LogP contribution in [-0.4, -0.2) is 41.2 Å². The number of carbonyl (C=O) groups is 2. The van der Waals surface area contributed by atoms with E-state index in [1.807, 2.05) is 24.1 Å². The van der Waals surface area contributed by atoms with Crippen LogP contribution < -0.4 is 0 Å². The zero-order valence-electron chi connectivity index (χ0n) is 15.5. The third-order valence-corrected chi connectivity index (χ3v) is 5.82. The van der Waals surface area contributed by atoms with E-state index in [0.717, 1.165) is 45.1 Å². The molecular weight excluding hydrogens is 312 g/mol. The van der Waals surface area contributed by atoms with Crippen LogP contribution in [0.25, 0.3) is 0 Å². The number of aryl methyl sites for hydroxylation is 1. The minimum atomic E-state index is -0.261. The van der Waals surface area contributed by atoms with Crippen LogP contribution in [0.1, 0.15) is 56.1 Å². The first kappa shape index (κ1) is 18.0. The fraction of sp³-hybridized carbons (Fsp3) is 0.619. The summed E-state index contributed by atoms with van der Waals surface area (Å²) in [5.74, 6) is 0.452. The van der Waals surface area contributed by atoms with E-state index in [4.69, 9.17) is 0 Å². The van der Waals surface area contributed by atoms with Gasteiger partial charge in [0.05, 0.1) is 0 Å². The van der Waals surface area contributed by atoms with E-state index < -0.39 is 0 Å². The second-order valence-electron chi connectivity index (χ2n) is 7.65. The minimum Gasteiger partial charge on any atom is -0.340 e. The van der Waals surface area contributed by atoms with Gasteiger partial charge in [-0.25, -0.2) is 0 Å². The number of hydrogen-bond acceptors (Lipinski definition) is 2. The Kier molecular flexibility index (Phi) is 5.77. The van der Waals surface area contributed by atoms with Gasteiger partial charge in [-0.05, 0) is 43.7 Å². The second kappa shape index (κ2) is 8.03. The molecule has 0 spiro atoms. The summed E-state index contributed by atoms with van der Waals surface area (Å²) in [5.41, 5.74) is 2.37. The van der Waals surface area contributed by atoms with Gasteiger partial charge >= 0.3 is 0 Å².